The first-order chi connectivity index (χ1) is 10.7. The molecular formula is C14H14N2O4S2. The quantitative estimate of drug-likeness (QED) is 0.734. The summed E-state index contributed by atoms with van der Waals surface area (Å²) >= 11 is 3.27. The van der Waals surface area contributed by atoms with E-state index in [0.717, 1.165) is 31.2 Å². The van der Waals surface area contributed by atoms with Crippen LogP contribution in [0, 0.1) is 13.8 Å². The lowest BCUT2D eigenvalue weighted by Gasteiger charge is -2.42. The summed E-state index contributed by atoms with van der Waals surface area (Å²) in [5.74, 6) is -2.28. The Kier molecular flexibility index (Phi) is 2.67. The van der Waals surface area contributed by atoms with E-state index in [0.29, 0.717) is 26.4 Å². The van der Waals surface area contributed by atoms with Gasteiger partial charge in [-0.05, 0) is 13.8 Å². The molecule has 116 valence electrons. The molecule has 5 rings (SSSR count). The maximum atomic E-state index is 6.06. The number of fused-ring (bicyclic) bond motifs is 6. The topological polar surface area (TPSA) is 62.7 Å². The lowest BCUT2D eigenvalue weighted by atomic mass is 9.90. The van der Waals surface area contributed by atoms with Gasteiger partial charge >= 0.3 is 0 Å². The maximum absolute atomic E-state index is 6.06. The average molecular weight is 338 g/mol. The molecule has 0 aromatic carbocycles. The summed E-state index contributed by atoms with van der Waals surface area (Å²) in [5.41, 5.74) is 1.54. The third kappa shape index (κ3) is 1.43. The van der Waals surface area contributed by atoms with Crippen molar-refractivity contribution in [1.82, 2.24) is 9.97 Å². The van der Waals surface area contributed by atoms with Crippen LogP contribution in [0.2, 0.25) is 0 Å². The predicted octanol–water partition coefficient (Wildman–Crippen LogP) is 2.30. The summed E-state index contributed by atoms with van der Waals surface area (Å²) in [6, 6.07) is 0. The van der Waals surface area contributed by atoms with Crippen LogP contribution < -0.4 is 0 Å². The molecule has 0 amide bonds. The zero-order valence-corrected chi connectivity index (χ0v) is 13.8. The van der Waals surface area contributed by atoms with E-state index in [2.05, 4.69) is 0 Å². The molecule has 2 aromatic rings. The van der Waals surface area contributed by atoms with E-state index in [1.807, 2.05) is 13.8 Å². The Morgan fingerprint density at radius 1 is 0.727 bits per heavy atom. The fourth-order valence-electron chi connectivity index (χ4n) is 3.40. The van der Waals surface area contributed by atoms with E-state index in [1.165, 1.54) is 0 Å². The van der Waals surface area contributed by atoms with E-state index in [1.54, 1.807) is 22.7 Å². The minimum Gasteiger partial charge on any atom is -0.338 e. The Labute approximate surface area is 135 Å². The highest BCUT2D eigenvalue weighted by Gasteiger charge is 2.69. The number of aryl methyl sites for hydroxylation is 2. The lowest BCUT2D eigenvalue weighted by Crippen LogP contribution is -2.54. The van der Waals surface area contributed by atoms with Gasteiger partial charge in [-0.2, -0.15) is 0 Å². The first-order valence-corrected chi connectivity index (χ1v) is 8.82. The minimum atomic E-state index is -1.14. The van der Waals surface area contributed by atoms with Crippen LogP contribution in [0.1, 0.15) is 21.4 Å². The second kappa shape index (κ2) is 4.34. The number of rotatable bonds is 0. The summed E-state index contributed by atoms with van der Waals surface area (Å²) in [4.78, 5) is 11.5. The Morgan fingerprint density at radius 2 is 1.09 bits per heavy atom. The fraction of sp³-hybridized carbons (Fsp3) is 0.571. The van der Waals surface area contributed by atoms with E-state index in [-0.39, 0.29) is 0 Å². The minimum absolute atomic E-state index is 0.489. The summed E-state index contributed by atoms with van der Waals surface area (Å²) in [6.07, 6.45) is 0. The SMILES string of the molecule is Cc1nc2c(s1)-c1sc(C)nc1C1(OCCO1)C21OCCO1. The Morgan fingerprint density at radius 3 is 1.45 bits per heavy atom. The molecule has 2 saturated heterocycles. The predicted molar refractivity (Wildman–Crippen MR) is 79.9 cm³/mol. The van der Waals surface area contributed by atoms with Gasteiger partial charge in [-0.25, -0.2) is 9.97 Å². The average Bonchev–Trinajstić information content (AvgIpc) is 3.22. The number of nitrogens with zero attached hydrogens (tertiary/aromatic N) is 2. The van der Waals surface area contributed by atoms with Gasteiger partial charge in [-0.15, -0.1) is 22.7 Å². The maximum Gasteiger partial charge on any atom is 0.276 e. The van der Waals surface area contributed by atoms with Crippen molar-refractivity contribution in [2.24, 2.45) is 0 Å². The van der Waals surface area contributed by atoms with Gasteiger partial charge in [0.2, 0.25) is 0 Å². The zero-order chi connectivity index (χ0) is 14.9. The zero-order valence-electron chi connectivity index (χ0n) is 12.2. The number of hydrogen-bond donors (Lipinski definition) is 0. The summed E-state index contributed by atoms with van der Waals surface area (Å²) < 4.78 is 24.2. The van der Waals surface area contributed by atoms with Crippen molar-refractivity contribution in [1.29, 1.82) is 0 Å². The molecule has 0 atom stereocenters. The molecule has 3 aliphatic rings. The van der Waals surface area contributed by atoms with Crippen LogP contribution in [0.15, 0.2) is 0 Å². The lowest BCUT2D eigenvalue weighted by molar-refractivity contribution is -0.368. The second-order valence-corrected chi connectivity index (χ2v) is 7.85. The molecule has 0 N–H and O–H groups in total. The van der Waals surface area contributed by atoms with Crippen LogP contribution in [-0.4, -0.2) is 36.4 Å². The Bertz CT molecular complexity index is 693. The van der Waals surface area contributed by atoms with Gasteiger partial charge in [0, 0.05) is 0 Å². The van der Waals surface area contributed by atoms with Gasteiger partial charge in [-0.1, -0.05) is 0 Å². The van der Waals surface area contributed by atoms with Crippen molar-refractivity contribution in [3.05, 3.63) is 21.4 Å². The molecule has 8 heteroatoms. The fourth-order valence-corrected chi connectivity index (χ4v) is 5.44. The van der Waals surface area contributed by atoms with Crippen LogP contribution in [0.3, 0.4) is 0 Å². The molecule has 0 saturated carbocycles. The van der Waals surface area contributed by atoms with Crippen molar-refractivity contribution in [2.45, 2.75) is 25.4 Å². The molecule has 2 spiro atoms. The highest BCUT2D eigenvalue weighted by molar-refractivity contribution is 7.22. The van der Waals surface area contributed by atoms with Crippen LogP contribution in [0.5, 0.6) is 0 Å². The van der Waals surface area contributed by atoms with Gasteiger partial charge in [-0.3, -0.25) is 0 Å². The largest absolute Gasteiger partial charge is 0.338 e. The highest BCUT2D eigenvalue weighted by atomic mass is 32.1. The summed E-state index contributed by atoms with van der Waals surface area (Å²) in [6.45, 7) is 5.93. The molecule has 0 unspecified atom stereocenters. The molecule has 4 heterocycles. The monoisotopic (exact) mass is 338 g/mol. The van der Waals surface area contributed by atoms with Gasteiger partial charge in [0.15, 0.2) is 0 Å². The Balaban J connectivity index is 1.88. The van der Waals surface area contributed by atoms with Gasteiger partial charge in [0.1, 0.15) is 11.4 Å². The van der Waals surface area contributed by atoms with Gasteiger partial charge in [0.25, 0.3) is 11.6 Å². The van der Waals surface area contributed by atoms with Crippen LogP contribution in [-0.2, 0) is 30.5 Å². The van der Waals surface area contributed by atoms with Crippen molar-refractivity contribution < 1.29 is 18.9 Å². The molecule has 2 aliphatic heterocycles. The van der Waals surface area contributed by atoms with Crippen molar-refractivity contribution >= 4 is 22.7 Å². The molecule has 6 nitrogen and oxygen atoms in total. The third-order valence-corrected chi connectivity index (χ3v) is 6.22. The first kappa shape index (κ1) is 13.5. The van der Waals surface area contributed by atoms with Gasteiger partial charge in [0.05, 0.1) is 46.2 Å². The summed E-state index contributed by atoms with van der Waals surface area (Å²) in [5, 5.41) is 1.94. The molecule has 0 radical (unpaired) electrons. The molecule has 1 aliphatic carbocycles. The summed E-state index contributed by atoms with van der Waals surface area (Å²) in [7, 11) is 0. The van der Waals surface area contributed by atoms with Crippen molar-refractivity contribution in [3.8, 4) is 9.75 Å². The number of aromatic nitrogens is 2. The van der Waals surface area contributed by atoms with E-state index in [4.69, 9.17) is 28.9 Å². The first-order valence-electron chi connectivity index (χ1n) is 7.18. The van der Waals surface area contributed by atoms with E-state index >= 15 is 0 Å². The van der Waals surface area contributed by atoms with Crippen LogP contribution in [0.4, 0.5) is 0 Å². The molecule has 22 heavy (non-hydrogen) atoms. The molecule has 2 fully saturated rings. The standard InChI is InChI=1S/C14H14N2O4S2/c1-7-15-11-9(21-7)10-12(16-8(2)22-10)14(19-5-6-20-14)13(11)17-3-4-18-13/h3-6H2,1-2H3. The smallest absolute Gasteiger partial charge is 0.276 e. The van der Waals surface area contributed by atoms with Crippen molar-refractivity contribution in [3.63, 3.8) is 0 Å². The molecular weight excluding hydrogens is 324 g/mol. The Hall–Kier alpha value is -0.900. The van der Waals surface area contributed by atoms with E-state index < -0.39 is 11.6 Å². The van der Waals surface area contributed by atoms with Gasteiger partial charge < -0.3 is 18.9 Å². The van der Waals surface area contributed by atoms with Crippen molar-refractivity contribution in [2.75, 3.05) is 26.4 Å². The van der Waals surface area contributed by atoms with E-state index in [9.17, 15) is 0 Å². The van der Waals surface area contributed by atoms with Crippen LogP contribution >= 0.6 is 22.7 Å². The third-order valence-electron chi connectivity index (χ3n) is 4.12. The normalized spacial score (nSPS) is 24.1. The number of ether oxygens (including phenoxy) is 4. The molecule has 0 bridgehead atoms. The molecule has 2 aromatic heterocycles. The highest BCUT2D eigenvalue weighted by Crippen LogP contribution is 2.60. The second-order valence-electron chi connectivity index (χ2n) is 5.45. The number of hydrogen-bond acceptors (Lipinski definition) is 8. The van der Waals surface area contributed by atoms with Crippen LogP contribution in [0.25, 0.3) is 9.75 Å². The number of thiazole rings is 2.